The van der Waals surface area contributed by atoms with Crippen LogP contribution in [0.4, 0.5) is 0 Å². The zero-order valence-electron chi connectivity index (χ0n) is 11.3. The predicted molar refractivity (Wildman–Crippen MR) is 63.3 cm³/mol. The minimum Gasteiger partial charge on any atom is -0.469 e. The van der Waals surface area contributed by atoms with Crippen LogP contribution in [0, 0.1) is 16.7 Å². The molecule has 0 amide bonds. The van der Waals surface area contributed by atoms with Gasteiger partial charge in [0.05, 0.1) is 25.0 Å². The lowest BCUT2D eigenvalue weighted by atomic mass is 9.73. The molecule has 0 radical (unpaired) electrons. The van der Waals surface area contributed by atoms with Crippen LogP contribution in [0.1, 0.15) is 40.0 Å². The van der Waals surface area contributed by atoms with Crippen LogP contribution < -0.4 is 0 Å². The summed E-state index contributed by atoms with van der Waals surface area (Å²) in [6.45, 7) is 5.87. The van der Waals surface area contributed by atoms with E-state index in [1.165, 1.54) is 14.2 Å². The van der Waals surface area contributed by atoms with Crippen LogP contribution in [-0.2, 0) is 19.1 Å². The molecule has 17 heavy (non-hydrogen) atoms. The van der Waals surface area contributed by atoms with E-state index in [2.05, 4.69) is 0 Å². The Hall–Kier alpha value is -1.06. The van der Waals surface area contributed by atoms with Gasteiger partial charge in [-0.05, 0) is 32.1 Å². The van der Waals surface area contributed by atoms with Crippen molar-refractivity contribution in [2.45, 2.75) is 40.0 Å². The first-order valence-electron chi connectivity index (χ1n) is 5.99. The molecule has 1 aliphatic rings. The Morgan fingerprint density at radius 3 is 2.00 bits per heavy atom. The fourth-order valence-electron chi connectivity index (χ4n) is 2.90. The topological polar surface area (TPSA) is 52.6 Å². The maximum absolute atomic E-state index is 12.0. The van der Waals surface area contributed by atoms with Gasteiger partial charge in [0.2, 0.25) is 0 Å². The number of ether oxygens (including phenoxy) is 2. The van der Waals surface area contributed by atoms with Crippen molar-refractivity contribution < 1.29 is 19.1 Å². The maximum atomic E-state index is 12.0. The molecule has 0 aliphatic heterocycles. The second-order valence-electron chi connectivity index (χ2n) is 5.53. The van der Waals surface area contributed by atoms with E-state index >= 15 is 0 Å². The molecule has 1 rings (SSSR count). The number of rotatable bonds is 3. The minimum absolute atomic E-state index is 0.154. The van der Waals surface area contributed by atoms with Crippen LogP contribution in [0.3, 0.4) is 0 Å². The summed E-state index contributed by atoms with van der Waals surface area (Å²) < 4.78 is 9.75. The lowest BCUT2D eigenvalue weighted by Crippen LogP contribution is -2.37. The van der Waals surface area contributed by atoms with E-state index in [0.717, 1.165) is 0 Å². The van der Waals surface area contributed by atoms with Crippen LogP contribution >= 0.6 is 0 Å². The molecule has 1 aliphatic carbocycles. The van der Waals surface area contributed by atoms with Gasteiger partial charge >= 0.3 is 11.9 Å². The Morgan fingerprint density at radius 1 is 1.06 bits per heavy atom. The third-order valence-electron chi connectivity index (χ3n) is 4.20. The SMILES string of the molecule is COC(=O)[C@@]1(C)CC[C@](C(=O)OC)(C(C)C)C1. The van der Waals surface area contributed by atoms with Gasteiger partial charge in [-0.25, -0.2) is 0 Å². The number of carbonyl (C=O) groups excluding carboxylic acids is 2. The molecular formula is C13H22O4. The Bertz CT molecular complexity index is 323. The first-order chi connectivity index (χ1) is 7.82. The molecule has 98 valence electrons. The average Bonchev–Trinajstić information content (AvgIpc) is 2.68. The fraction of sp³-hybridized carbons (Fsp3) is 0.846. The first kappa shape index (κ1) is 14.0. The van der Waals surface area contributed by atoms with Gasteiger partial charge in [-0.1, -0.05) is 13.8 Å². The van der Waals surface area contributed by atoms with E-state index in [1.807, 2.05) is 20.8 Å². The van der Waals surface area contributed by atoms with Gasteiger partial charge in [-0.2, -0.15) is 0 Å². The molecule has 0 heterocycles. The third-order valence-corrected chi connectivity index (χ3v) is 4.20. The first-order valence-corrected chi connectivity index (χ1v) is 5.99. The molecule has 1 saturated carbocycles. The van der Waals surface area contributed by atoms with Crippen molar-refractivity contribution in [3.05, 3.63) is 0 Å². The maximum Gasteiger partial charge on any atom is 0.312 e. The summed E-state index contributed by atoms with van der Waals surface area (Å²) in [7, 11) is 2.79. The van der Waals surface area contributed by atoms with Crippen LogP contribution in [-0.4, -0.2) is 26.2 Å². The molecule has 4 nitrogen and oxygen atoms in total. The molecule has 4 heteroatoms. The van der Waals surface area contributed by atoms with E-state index < -0.39 is 10.8 Å². The summed E-state index contributed by atoms with van der Waals surface area (Å²) in [6.07, 6.45) is 1.87. The normalized spacial score (nSPS) is 32.6. The average molecular weight is 242 g/mol. The number of methoxy groups -OCH3 is 2. The molecule has 0 aromatic carbocycles. The molecular weight excluding hydrogens is 220 g/mol. The number of esters is 2. The summed E-state index contributed by atoms with van der Waals surface area (Å²) in [4.78, 5) is 23.8. The molecule has 0 spiro atoms. The van der Waals surface area contributed by atoms with Gasteiger partial charge < -0.3 is 9.47 Å². The molecule has 2 atom stereocenters. The zero-order valence-corrected chi connectivity index (χ0v) is 11.3. The smallest absolute Gasteiger partial charge is 0.312 e. The van der Waals surface area contributed by atoms with E-state index in [4.69, 9.17) is 9.47 Å². The molecule has 0 unspecified atom stereocenters. The van der Waals surface area contributed by atoms with Crippen molar-refractivity contribution >= 4 is 11.9 Å². The summed E-state index contributed by atoms with van der Waals surface area (Å²) in [6, 6.07) is 0. The quantitative estimate of drug-likeness (QED) is 0.712. The van der Waals surface area contributed by atoms with Crippen LogP contribution in [0.25, 0.3) is 0 Å². The van der Waals surface area contributed by atoms with Gasteiger partial charge in [-0.15, -0.1) is 0 Å². The number of carbonyl (C=O) groups is 2. The van der Waals surface area contributed by atoms with Gasteiger partial charge in [-0.3, -0.25) is 9.59 Å². The second-order valence-corrected chi connectivity index (χ2v) is 5.53. The van der Waals surface area contributed by atoms with Gasteiger partial charge in [0.25, 0.3) is 0 Å². The Morgan fingerprint density at radius 2 is 1.59 bits per heavy atom. The summed E-state index contributed by atoms with van der Waals surface area (Å²) in [5.41, 5.74) is -1.11. The minimum atomic E-state index is -0.562. The van der Waals surface area contributed by atoms with Gasteiger partial charge in [0.1, 0.15) is 0 Å². The number of hydrogen-bond donors (Lipinski definition) is 0. The van der Waals surface area contributed by atoms with E-state index in [-0.39, 0.29) is 17.9 Å². The lowest BCUT2D eigenvalue weighted by Gasteiger charge is -2.32. The van der Waals surface area contributed by atoms with Crippen molar-refractivity contribution in [1.82, 2.24) is 0 Å². The summed E-state index contributed by atoms with van der Waals surface area (Å²) in [5.74, 6) is -0.287. The van der Waals surface area contributed by atoms with Gasteiger partial charge in [0.15, 0.2) is 0 Å². The Balaban J connectivity index is 3.01. The summed E-state index contributed by atoms with van der Waals surface area (Å²) in [5, 5.41) is 0. The van der Waals surface area contributed by atoms with E-state index in [9.17, 15) is 9.59 Å². The molecule has 0 saturated heterocycles. The van der Waals surface area contributed by atoms with Crippen molar-refractivity contribution in [3.8, 4) is 0 Å². The molecule has 0 aromatic rings. The van der Waals surface area contributed by atoms with Gasteiger partial charge in [0, 0.05) is 0 Å². The highest BCUT2D eigenvalue weighted by atomic mass is 16.5. The highest BCUT2D eigenvalue weighted by Crippen LogP contribution is 2.54. The second kappa shape index (κ2) is 4.67. The van der Waals surface area contributed by atoms with Crippen LogP contribution in [0.15, 0.2) is 0 Å². The monoisotopic (exact) mass is 242 g/mol. The third kappa shape index (κ3) is 2.17. The number of hydrogen-bond acceptors (Lipinski definition) is 4. The lowest BCUT2D eigenvalue weighted by molar-refractivity contribution is -0.158. The van der Waals surface area contributed by atoms with Crippen molar-refractivity contribution in [2.24, 2.45) is 16.7 Å². The van der Waals surface area contributed by atoms with E-state index in [1.54, 1.807) is 0 Å². The standard InChI is InChI=1S/C13H22O4/c1-9(2)13(11(15)17-5)7-6-12(3,8-13)10(14)16-4/h9H,6-8H2,1-5H3/t12-,13+/m0/s1. The molecule has 0 N–H and O–H groups in total. The van der Waals surface area contributed by atoms with Crippen LogP contribution in [0.2, 0.25) is 0 Å². The highest BCUT2D eigenvalue weighted by Gasteiger charge is 2.56. The zero-order chi connectivity index (χ0) is 13.3. The van der Waals surface area contributed by atoms with E-state index in [0.29, 0.717) is 19.3 Å². The fourth-order valence-corrected chi connectivity index (χ4v) is 2.90. The summed E-state index contributed by atoms with van der Waals surface area (Å²) >= 11 is 0. The Labute approximate surface area is 103 Å². The largest absolute Gasteiger partial charge is 0.469 e. The Kier molecular flexibility index (Phi) is 3.84. The molecule has 0 bridgehead atoms. The highest BCUT2D eigenvalue weighted by molar-refractivity contribution is 5.82. The van der Waals surface area contributed by atoms with Crippen molar-refractivity contribution in [2.75, 3.05) is 14.2 Å². The van der Waals surface area contributed by atoms with Crippen molar-refractivity contribution in [3.63, 3.8) is 0 Å². The van der Waals surface area contributed by atoms with Crippen molar-refractivity contribution in [1.29, 1.82) is 0 Å². The predicted octanol–water partition coefficient (Wildman–Crippen LogP) is 2.17. The molecule has 1 fully saturated rings. The molecule has 0 aromatic heterocycles. The van der Waals surface area contributed by atoms with Crippen LogP contribution in [0.5, 0.6) is 0 Å².